The van der Waals surface area contributed by atoms with E-state index in [1.54, 1.807) is 6.20 Å². The van der Waals surface area contributed by atoms with Gasteiger partial charge in [-0.1, -0.05) is 20.8 Å². The predicted octanol–water partition coefficient (Wildman–Crippen LogP) is 3.29. The van der Waals surface area contributed by atoms with Gasteiger partial charge in [-0.2, -0.15) is 5.10 Å². The first-order valence-electron chi connectivity index (χ1n) is 7.47. The van der Waals surface area contributed by atoms with Gasteiger partial charge >= 0.3 is 0 Å². The molecule has 0 spiro atoms. The molecule has 2 aromatic rings. The molecular weight excluding hydrogens is 264 g/mol. The number of hydrogen-bond donors (Lipinski definition) is 1. The second-order valence-corrected chi connectivity index (χ2v) is 5.51. The van der Waals surface area contributed by atoms with E-state index in [0.29, 0.717) is 6.04 Å². The molecule has 21 heavy (non-hydrogen) atoms. The first kappa shape index (κ1) is 15.5. The van der Waals surface area contributed by atoms with Crippen LogP contribution in [0.15, 0.2) is 24.7 Å². The molecule has 0 bridgehead atoms. The van der Waals surface area contributed by atoms with Crippen molar-refractivity contribution in [3.63, 3.8) is 0 Å². The number of rotatable bonds is 7. The van der Waals surface area contributed by atoms with Crippen LogP contribution in [0.5, 0.6) is 11.5 Å². The monoisotopic (exact) mass is 288 g/mol. The van der Waals surface area contributed by atoms with E-state index in [-0.39, 0.29) is 0 Å². The summed E-state index contributed by atoms with van der Waals surface area (Å²) in [4.78, 5) is 4.35. The Morgan fingerprint density at radius 3 is 2.86 bits per heavy atom. The fourth-order valence-electron chi connectivity index (χ4n) is 1.98. The van der Waals surface area contributed by atoms with Gasteiger partial charge in [-0.3, -0.25) is 9.67 Å². The van der Waals surface area contributed by atoms with Gasteiger partial charge in [0.1, 0.15) is 5.75 Å². The molecule has 0 saturated heterocycles. The Morgan fingerprint density at radius 2 is 2.14 bits per heavy atom. The lowest BCUT2D eigenvalue weighted by molar-refractivity contribution is 0.466. The van der Waals surface area contributed by atoms with Crippen molar-refractivity contribution < 1.29 is 4.74 Å². The summed E-state index contributed by atoms with van der Waals surface area (Å²) >= 11 is 0. The molecule has 0 unspecified atom stereocenters. The number of nitrogens with zero attached hydrogens (tertiary/aromatic N) is 3. The molecule has 2 heterocycles. The number of aryl methyl sites for hydroxylation is 2. The fraction of sp³-hybridized carbons (Fsp3) is 0.500. The summed E-state index contributed by atoms with van der Waals surface area (Å²) < 4.78 is 7.88. The molecule has 5 heteroatoms. The Hall–Kier alpha value is -1.88. The maximum Gasteiger partial charge on any atom is 0.165 e. The molecule has 2 rings (SSSR count). The molecule has 0 radical (unpaired) electrons. The van der Waals surface area contributed by atoms with Crippen LogP contribution >= 0.6 is 0 Å². The summed E-state index contributed by atoms with van der Waals surface area (Å²) in [6.45, 7) is 9.98. The fourth-order valence-corrected chi connectivity index (χ4v) is 1.98. The Morgan fingerprint density at radius 1 is 1.33 bits per heavy atom. The zero-order chi connectivity index (χ0) is 15.2. The molecule has 0 saturated carbocycles. The first-order valence-corrected chi connectivity index (χ1v) is 7.47. The summed E-state index contributed by atoms with van der Waals surface area (Å²) in [5.41, 5.74) is 2.00. The molecular formula is C16H24N4O. The SMILES string of the molecule is CCCn1cc(Oc2cc(C)ncc2CNC(C)C)cn1. The van der Waals surface area contributed by atoms with Crippen molar-refractivity contribution in [1.82, 2.24) is 20.1 Å². The highest BCUT2D eigenvalue weighted by molar-refractivity contribution is 5.36. The Labute approximate surface area is 126 Å². The van der Waals surface area contributed by atoms with E-state index in [0.717, 1.165) is 42.3 Å². The number of ether oxygens (including phenoxy) is 1. The van der Waals surface area contributed by atoms with E-state index < -0.39 is 0 Å². The first-order chi connectivity index (χ1) is 10.1. The van der Waals surface area contributed by atoms with Crippen molar-refractivity contribution in [2.24, 2.45) is 0 Å². The standard InChI is InChI=1S/C16H24N4O/c1-5-6-20-11-15(10-19-20)21-16-7-13(4)18-9-14(16)8-17-12(2)3/h7,9-12,17H,5-6,8H2,1-4H3. The van der Waals surface area contributed by atoms with Crippen molar-refractivity contribution >= 4 is 0 Å². The Kier molecular flexibility index (Phi) is 5.33. The molecule has 0 aliphatic rings. The molecule has 5 nitrogen and oxygen atoms in total. The van der Waals surface area contributed by atoms with Crippen molar-refractivity contribution in [2.45, 2.75) is 53.2 Å². The van der Waals surface area contributed by atoms with E-state index in [1.807, 2.05) is 30.1 Å². The van der Waals surface area contributed by atoms with Crippen LogP contribution in [0.25, 0.3) is 0 Å². The highest BCUT2D eigenvalue weighted by Crippen LogP contribution is 2.25. The average Bonchev–Trinajstić information content (AvgIpc) is 2.85. The van der Waals surface area contributed by atoms with Crippen LogP contribution in [0.4, 0.5) is 0 Å². The summed E-state index contributed by atoms with van der Waals surface area (Å²) in [5, 5.41) is 7.68. The van der Waals surface area contributed by atoms with Gasteiger partial charge in [0.25, 0.3) is 0 Å². The van der Waals surface area contributed by atoms with Crippen LogP contribution < -0.4 is 10.1 Å². The van der Waals surface area contributed by atoms with Gasteiger partial charge in [0.15, 0.2) is 5.75 Å². The van der Waals surface area contributed by atoms with Gasteiger partial charge < -0.3 is 10.1 Å². The molecule has 2 aromatic heterocycles. The number of aromatic nitrogens is 3. The van der Waals surface area contributed by atoms with Crippen LogP contribution in [0.3, 0.4) is 0 Å². The van der Waals surface area contributed by atoms with Crippen LogP contribution in [-0.2, 0) is 13.1 Å². The van der Waals surface area contributed by atoms with Crippen LogP contribution in [0.1, 0.15) is 38.4 Å². The molecule has 114 valence electrons. The topological polar surface area (TPSA) is 52.0 Å². The third kappa shape index (κ3) is 4.56. The highest BCUT2D eigenvalue weighted by Gasteiger charge is 2.08. The third-order valence-electron chi connectivity index (χ3n) is 3.07. The Balaban J connectivity index is 2.14. The lowest BCUT2D eigenvalue weighted by atomic mass is 10.2. The number of pyridine rings is 1. The van der Waals surface area contributed by atoms with E-state index in [1.165, 1.54) is 0 Å². The van der Waals surface area contributed by atoms with Gasteiger partial charge in [0, 0.05) is 42.7 Å². The van der Waals surface area contributed by atoms with E-state index in [4.69, 9.17) is 4.74 Å². The highest BCUT2D eigenvalue weighted by atomic mass is 16.5. The zero-order valence-electron chi connectivity index (χ0n) is 13.3. The summed E-state index contributed by atoms with van der Waals surface area (Å²) in [6, 6.07) is 2.39. The quantitative estimate of drug-likeness (QED) is 0.849. The van der Waals surface area contributed by atoms with Crippen LogP contribution in [0, 0.1) is 6.92 Å². The van der Waals surface area contributed by atoms with Crippen molar-refractivity contribution in [3.8, 4) is 11.5 Å². The van der Waals surface area contributed by atoms with Gasteiger partial charge in [-0.25, -0.2) is 0 Å². The summed E-state index contributed by atoms with van der Waals surface area (Å²) in [6.07, 6.45) is 6.61. The van der Waals surface area contributed by atoms with Crippen molar-refractivity contribution in [2.75, 3.05) is 0 Å². The zero-order valence-corrected chi connectivity index (χ0v) is 13.3. The van der Waals surface area contributed by atoms with Crippen molar-refractivity contribution in [3.05, 3.63) is 35.9 Å². The molecule has 0 atom stereocenters. The minimum absolute atomic E-state index is 0.423. The van der Waals surface area contributed by atoms with E-state index in [9.17, 15) is 0 Å². The van der Waals surface area contributed by atoms with Crippen molar-refractivity contribution in [1.29, 1.82) is 0 Å². The average molecular weight is 288 g/mol. The molecule has 0 aromatic carbocycles. The van der Waals surface area contributed by atoms with Gasteiger partial charge in [-0.15, -0.1) is 0 Å². The Bertz CT molecular complexity index is 577. The van der Waals surface area contributed by atoms with Crippen LogP contribution in [0.2, 0.25) is 0 Å². The molecule has 0 fully saturated rings. The maximum atomic E-state index is 5.99. The molecule has 0 amide bonds. The van der Waals surface area contributed by atoms with Crippen LogP contribution in [-0.4, -0.2) is 20.8 Å². The molecule has 0 aliphatic heterocycles. The minimum atomic E-state index is 0.423. The normalized spacial score (nSPS) is 11.1. The largest absolute Gasteiger partial charge is 0.454 e. The van der Waals surface area contributed by atoms with Gasteiger partial charge in [-0.05, 0) is 13.3 Å². The lowest BCUT2D eigenvalue weighted by Gasteiger charge is -2.13. The predicted molar refractivity (Wildman–Crippen MR) is 83.5 cm³/mol. The minimum Gasteiger partial charge on any atom is -0.454 e. The second-order valence-electron chi connectivity index (χ2n) is 5.51. The number of nitrogens with one attached hydrogen (secondary N) is 1. The third-order valence-corrected chi connectivity index (χ3v) is 3.07. The smallest absolute Gasteiger partial charge is 0.165 e. The van der Waals surface area contributed by atoms with E-state index in [2.05, 4.69) is 36.2 Å². The number of hydrogen-bond acceptors (Lipinski definition) is 4. The van der Waals surface area contributed by atoms with E-state index >= 15 is 0 Å². The lowest BCUT2D eigenvalue weighted by Crippen LogP contribution is -2.22. The summed E-state index contributed by atoms with van der Waals surface area (Å²) in [7, 11) is 0. The van der Waals surface area contributed by atoms with Gasteiger partial charge in [0.2, 0.25) is 0 Å². The summed E-state index contributed by atoms with van der Waals surface area (Å²) in [5.74, 6) is 1.60. The second kappa shape index (κ2) is 7.22. The molecule has 0 aliphatic carbocycles. The maximum absolute atomic E-state index is 5.99. The molecule has 1 N–H and O–H groups in total. The van der Waals surface area contributed by atoms with Gasteiger partial charge in [0.05, 0.1) is 12.4 Å².